The molecular weight excluding hydrogens is 192 g/mol. The predicted molar refractivity (Wildman–Crippen MR) is 58.1 cm³/mol. The third kappa shape index (κ3) is 3.72. The molecule has 0 spiro atoms. The van der Waals surface area contributed by atoms with Crippen LogP contribution in [0.2, 0.25) is 0 Å². The van der Waals surface area contributed by atoms with Crippen molar-refractivity contribution in [3.8, 4) is 5.75 Å². The van der Waals surface area contributed by atoms with Gasteiger partial charge in [-0.2, -0.15) is 0 Å². The minimum atomic E-state index is 0.126. The zero-order valence-corrected chi connectivity index (χ0v) is 9.37. The molecule has 15 heavy (non-hydrogen) atoms. The maximum absolute atomic E-state index is 11.0. The van der Waals surface area contributed by atoms with Crippen LogP contribution < -0.4 is 4.74 Å². The molecule has 0 unspecified atom stereocenters. The first-order valence-corrected chi connectivity index (χ1v) is 4.84. The van der Waals surface area contributed by atoms with E-state index in [1.165, 1.54) is 0 Å². The van der Waals surface area contributed by atoms with Crippen LogP contribution >= 0.6 is 0 Å². The van der Waals surface area contributed by atoms with E-state index in [0.29, 0.717) is 6.42 Å². The highest BCUT2D eigenvalue weighted by Crippen LogP contribution is 2.21. The number of hydrogen-bond donors (Lipinski definition) is 0. The van der Waals surface area contributed by atoms with Gasteiger partial charge in [-0.3, -0.25) is 4.79 Å². The highest BCUT2D eigenvalue weighted by Gasteiger charge is 2.06. The molecular formula is C12H16O3. The van der Waals surface area contributed by atoms with Crippen LogP contribution in [-0.2, 0) is 16.0 Å². The van der Waals surface area contributed by atoms with E-state index in [4.69, 9.17) is 9.47 Å². The summed E-state index contributed by atoms with van der Waals surface area (Å²) in [6, 6.07) is 5.80. The first kappa shape index (κ1) is 11.7. The predicted octanol–water partition coefficient (Wildman–Crippen LogP) is 2.11. The molecule has 0 saturated heterocycles. The standard InChI is InChI=1S/C12H16O3/c1-9-4-5-11(7-10(2)13)12(6-9)15-8-14-3/h4-6H,7-8H2,1-3H3. The molecule has 0 fully saturated rings. The lowest BCUT2D eigenvalue weighted by Crippen LogP contribution is -2.04. The summed E-state index contributed by atoms with van der Waals surface area (Å²) in [7, 11) is 1.57. The summed E-state index contributed by atoms with van der Waals surface area (Å²) in [5, 5.41) is 0. The van der Waals surface area contributed by atoms with Gasteiger partial charge in [-0.1, -0.05) is 12.1 Å². The van der Waals surface area contributed by atoms with Crippen molar-refractivity contribution >= 4 is 5.78 Å². The Morgan fingerprint density at radius 1 is 1.40 bits per heavy atom. The summed E-state index contributed by atoms with van der Waals surface area (Å²) in [5.74, 6) is 0.855. The van der Waals surface area contributed by atoms with E-state index in [2.05, 4.69) is 0 Å². The van der Waals surface area contributed by atoms with E-state index >= 15 is 0 Å². The van der Waals surface area contributed by atoms with Crippen LogP contribution in [0.3, 0.4) is 0 Å². The van der Waals surface area contributed by atoms with Crippen LogP contribution in [0.4, 0.5) is 0 Å². The van der Waals surface area contributed by atoms with Gasteiger partial charge in [0, 0.05) is 19.1 Å². The van der Waals surface area contributed by atoms with E-state index < -0.39 is 0 Å². The van der Waals surface area contributed by atoms with Gasteiger partial charge < -0.3 is 9.47 Å². The number of ketones is 1. The number of rotatable bonds is 5. The number of methoxy groups -OCH3 is 1. The van der Waals surface area contributed by atoms with Crippen LogP contribution in [0.15, 0.2) is 18.2 Å². The molecule has 0 saturated carbocycles. The molecule has 1 aromatic carbocycles. The van der Waals surface area contributed by atoms with Gasteiger partial charge in [0.2, 0.25) is 0 Å². The molecule has 0 atom stereocenters. The molecule has 0 N–H and O–H groups in total. The molecule has 1 rings (SSSR count). The van der Waals surface area contributed by atoms with E-state index in [-0.39, 0.29) is 12.6 Å². The number of Topliss-reactive ketones (excluding diaryl/α,β-unsaturated/α-hetero) is 1. The second kappa shape index (κ2) is 5.51. The number of carbonyl (C=O) groups excluding carboxylic acids is 1. The van der Waals surface area contributed by atoms with Crippen molar-refractivity contribution in [3.63, 3.8) is 0 Å². The van der Waals surface area contributed by atoms with Crippen molar-refractivity contribution in [2.75, 3.05) is 13.9 Å². The van der Waals surface area contributed by atoms with Crippen molar-refractivity contribution in [2.45, 2.75) is 20.3 Å². The molecule has 0 amide bonds. The Labute approximate surface area is 90.0 Å². The number of hydrogen-bond acceptors (Lipinski definition) is 3. The molecule has 0 aromatic heterocycles. The fraction of sp³-hybridized carbons (Fsp3) is 0.417. The Balaban J connectivity index is 2.87. The maximum atomic E-state index is 11.0. The topological polar surface area (TPSA) is 35.5 Å². The van der Waals surface area contributed by atoms with E-state index in [9.17, 15) is 4.79 Å². The van der Waals surface area contributed by atoms with Crippen molar-refractivity contribution < 1.29 is 14.3 Å². The molecule has 0 bridgehead atoms. The highest BCUT2D eigenvalue weighted by atomic mass is 16.7. The maximum Gasteiger partial charge on any atom is 0.188 e. The van der Waals surface area contributed by atoms with Gasteiger partial charge in [0.25, 0.3) is 0 Å². The van der Waals surface area contributed by atoms with Crippen molar-refractivity contribution in [1.29, 1.82) is 0 Å². The minimum Gasteiger partial charge on any atom is -0.467 e. The van der Waals surface area contributed by atoms with Gasteiger partial charge in [-0.25, -0.2) is 0 Å². The zero-order valence-electron chi connectivity index (χ0n) is 9.37. The van der Waals surface area contributed by atoms with Gasteiger partial charge in [0.1, 0.15) is 11.5 Å². The molecule has 0 aliphatic carbocycles. The molecule has 3 heteroatoms. The first-order chi connectivity index (χ1) is 7.13. The van der Waals surface area contributed by atoms with Gasteiger partial charge in [-0.15, -0.1) is 0 Å². The molecule has 82 valence electrons. The fourth-order valence-electron chi connectivity index (χ4n) is 1.33. The third-order valence-electron chi connectivity index (χ3n) is 1.99. The minimum absolute atomic E-state index is 0.126. The van der Waals surface area contributed by atoms with Crippen molar-refractivity contribution in [2.24, 2.45) is 0 Å². The summed E-state index contributed by atoms with van der Waals surface area (Å²) < 4.78 is 10.2. The normalized spacial score (nSPS) is 10.1. The monoisotopic (exact) mass is 208 g/mol. The fourth-order valence-corrected chi connectivity index (χ4v) is 1.33. The van der Waals surface area contributed by atoms with Crippen molar-refractivity contribution in [1.82, 2.24) is 0 Å². The lowest BCUT2D eigenvalue weighted by molar-refractivity contribution is -0.116. The molecule has 0 aliphatic heterocycles. The molecule has 0 aliphatic rings. The Morgan fingerprint density at radius 3 is 2.73 bits per heavy atom. The van der Waals surface area contributed by atoms with Crippen LogP contribution in [0.25, 0.3) is 0 Å². The van der Waals surface area contributed by atoms with Crippen molar-refractivity contribution in [3.05, 3.63) is 29.3 Å². The number of ether oxygens (including phenoxy) is 2. The average Bonchev–Trinajstić information content (AvgIpc) is 2.18. The second-order valence-electron chi connectivity index (χ2n) is 3.54. The first-order valence-electron chi connectivity index (χ1n) is 4.84. The zero-order chi connectivity index (χ0) is 11.3. The van der Waals surface area contributed by atoms with Gasteiger partial charge in [-0.05, 0) is 25.5 Å². The Kier molecular flexibility index (Phi) is 4.31. The van der Waals surface area contributed by atoms with Crippen LogP contribution in [0.1, 0.15) is 18.1 Å². The van der Waals surface area contributed by atoms with Crippen LogP contribution in [0.5, 0.6) is 5.75 Å². The van der Waals surface area contributed by atoms with Gasteiger partial charge in [0.15, 0.2) is 6.79 Å². The molecule has 0 radical (unpaired) electrons. The van der Waals surface area contributed by atoms with Crippen LogP contribution in [0, 0.1) is 6.92 Å². The summed E-state index contributed by atoms with van der Waals surface area (Å²) >= 11 is 0. The van der Waals surface area contributed by atoms with E-state index in [0.717, 1.165) is 16.9 Å². The lowest BCUT2D eigenvalue weighted by atomic mass is 10.1. The summed E-state index contributed by atoms with van der Waals surface area (Å²) in [6.45, 7) is 3.76. The van der Waals surface area contributed by atoms with Gasteiger partial charge in [0.05, 0.1) is 0 Å². The Bertz CT molecular complexity index is 345. The largest absolute Gasteiger partial charge is 0.467 e. The number of benzene rings is 1. The van der Waals surface area contributed by atoms with E-state index in [1.807, 2.05) is 25.1 Å². The Hall–Kier alpha value is -1.35. The molecule has 0 heterocycles. The quantitative estimate of drug-likeness (QED) is 0.695. The average molecular weight is 208 g/mol. The lowest BCUT2D eigenvalue weighted by Gasteiger charge is -2.10. The number of aryl methyl sites for hydroxylation is 1. The molecule has 3 nitrogen and oxygen atoms in total. The molecule has 1 aromatic rings. The third-order valence-corrected chi connectivity index (χ3v) is 1.99. The number of carbonyl (C=O) groups is 1. The SMILES string of the molecule is COCOc1cc(C)ccc1CC(C)=O. The Morgan fingerprint density at radius 2 is 2.13 bits per heavy atom. The second-order valence-corrected chi connectivity index (χ2v) is 3.54. The smallest absolute Gasteiger partial charge is 0.188 e. The summed E-state index contributed by atoms with van der Waals surface area (Å²) in [6.07, 6.45) is 0.402. The summed E-state index contributed by atoms with van der Waals surface area (Å²) in [4.78, 5) is 11.0. The van der Waals surface area contributed by atoms with Gasteiger partial charge >= 0.3 is 0 Å². The summed E-state index contributed by atoms with van der Waals surface area (Å²) in [5.41, 5.74) is 2.01. The highest BCUT2D eigenvalue weighted by molar-refractivity contribution is 5.79. The van der Waals surface area contributed by atoms with Crippen LogP contribution in [-0.4, -0.2) is 19.7 Å². The van der Waals surface area contributed by atoms with E-state index in [1.54, 1.807) is 14.0 Å².